The van der Waals surface area contributed by atoms with Crippen LogP contribution in [0.3, 0.4) is 0 Å². The summed E-state index contributed by atoms with van der Waals surface area (Å²) in [6.45, 7) is 5.02. The molecule has 1 aliphatic rings. The minimum absolute atomic E-state index is 0.175. The Morgan fingerprint density at radius 2 is 1.72 bits per heavy atom. The second-order valence-electron chi connectivity index (χ2n) is 8.01. The number of hydrogen-bond acceptors (Lipinski definition) is 6. The van der Waals surface area contributed by atoms with Gasteiger partial charge in [0, 0.05) is 10.6 Å². The van der Waals surface area contributed by atoms with Crippen LogP contribution in [0.1, 0.15) is 23.6 Å². The zero-order valence-electron chi connectivity index (χ0n) is 20.0. The number of carbonyl (C=O) groups excluding carboxylic acids is 2. The van der Waals surface area contributed by atoms with E-state index in [2.05, 4.69) is 0 Å². The number of nitrogens with zero attached hydrogens (tertiary/aromatic N) is 1. The monoisotopic (exact) mass is 523 g/mol. The first-order valence-corrected chi connectivity index (χ1v) is 12.7. The molecule has 8 heteroatoms. The smallest absolute Gasteiger partial charge is 0.293 e. The first kappa shape index (κ1) is 25.7. The van der Waals surface area contributed by atoms with Crippen LogP contribution in [0.25, 0.3) is 6.08 Å². The van der Waals surface area contributed by atoms with E-state index in [4.69, 9.17) is 25.8 Å². The molecule has 0 aromatic heterocycles. The summed E-state index contributed by atoms with van der Waals surface area (Å²) in [4.78, 5) is 26.9. The van der Waals surface area contributed by atoms with Gasteiger partial charge < -0.3 is 14.2 Å². The van der Waals surface area contributed by atoms with Crippen molar-refractivity contribution in [3.05, 3.63) is 93.3 Å². The van der Waals surface area contributed by atoms with Crippen molar-refractivity contribution in [1.82, 2.24) is 4.90 Å². The summed E-state index contributed by atoms with van der Waals surface area (Å²) < 4.78 is 17.4. The van der Waals surface area contributed by atoms with E-state index in [9.17, 15) is 9.59 Å². The number of ether oxygens (including phenoxy) is 3. The molecule has 0 bridgehead atoms. The molecule has 3 aromatic carbocycles. The largest absolute Gasteiger partial charge is 0.492 e. The lowest BCUT2D eigenvalue weighted by molar-refractivity contribution is -0.123. The van der Waals surface area contributed by atoms with Gasteiger partial charge in [-0.2, -0.15) is 0 Å². The normalized spacial score (nSPS) is 14.4. The third-order valence-electron chi connectivity index (χ3n) is 5.38. The summed E-state index contributed by atoms with van der Waals surface area (Å²) in [6, 6.07) is 20.5. The lowest BCUT2D eigenvalue weighted by atomic mass is 10.1. The average molecular weight is 524 g/mol. The molecule has 1 saturated heterocycles. The SMILES string of the molecule is CCOc1cc(/C=C2\SC(=O)N(CCOc3ccc(C)cc3)C2=O)ccc1OCc1ccccc1Cl. The lowest BCUT2D eigenvalue weighted by Gasteiger charge is -2.14. The van der Waals surface area contributed by atoms with Gasteiger partial charge in [0.05, 0.1) is 18.1 Å². The first-order valence-electron chi connectivity index (χ1n) is 11.5. The summed E-state index contributed by atoms with van der Waals surface area (Å²) in [5, 5.41) is 0.315. The molecule has 36 heavy (non-hydrogen) atoms. The number of halogens is 1. The van der Waals surface area contributed by atoms with Crippen LogP contribution in [0.4, 0.5) is 4.79 Å². The van der Waals surface area contributed by atoms with Crippen molar-refractivity contribution in [1.29, 1.82) is 0 Å². The summed E-state index contributed by atoms with van der Waals surface area (Å²) in [5.74, 6) is 1.47. The fourth-order valence-electron chi connectivity index (χ4n) is 3.51. The number of aryl methyl sites for hydroxylation is 1. The molecule has 0 N–H and O–H groups in total. The van der Waals surface area contributed by atoms with E-state index in [0.29, 0.717) is 40.4 Å². The maximum atomic E-state index is 12.9. The molecule has 1 heterocycles. The van der Waals surface area contributed by atoms with Crippen LogP contribution in [0.5, 0.6) is 17.2 Å². The second-order valence-corrected chi connectivity index (χ2v) is 9.41. The number of amides is 2. The van der Waals surface area contributed by atoms with Gasteiger partial charge in [0.25, 0.3) is 11.1 Å². The molecule has 186 valence electrons. The summed E-state index contributed by atoms with van der Waals surface area (Å²) in [5.41, 5.74) is 2.72. The second kappa shape index (κ2) is 12.0. The average Bonchev–Trinajstić information content (AvgIpc) is 3.13. The highest BCUT2D eigenvalue weighted by molar-refractivity contribution is 8.18. The van der Waals surface area contributed by atoms with E-state index >= 15 is 0 Å². The predicted octanol–water partition coefficient (Wildman–Crippen LogP) is 6.74. The van der Waals surface area contributed by atoms with Crippen molar-refractivity contribution in [3.63, 3.8) is 0 Å². The van der Waals surface area contributed by atoms with Gasteiger partial charge >= 0.3 is 0 Å². The van der Waals surface area contributed by atoms with Crippen molar-refractivity contribution in [3.8, 4) is 17.2 Å². The number of imide groups is 1. The van der Waals surface area contributed by atoms with Crippen LogP contribution >= 0.6 is 23.4 Å². The Bertz CT molecular complexity index is 1280. The van der Waals surface area contributed by atoms with Gasteiger partial charge in [0.2, 0.25) is 0 Å². The molecule has 0 spiro atoms. The minimum Gasteiger partial charge on any atom is -0.492 e. The third-order valence-corrected chi connectivity index (χ3v) is 6.66. The molecule has 0 aliphatic carbocycles. The van der Waals surface area contributed by atoms with E-state index in [-0.39, 0.29) is 24.3 Å². The molecule has 0 radical (unpaired) electrons. The van der Waals surface area contributed by atoms with Gasteiger partial charge in [0.15, 0.2) is 11.5 Å². The number of carbonyl (C=O) groups is 2. The molecule has 4 rings (SSSR count). The van der Waals surface area contributed by atoms with Crippen molar-refractivity contribution >= 4 is 40.6 Å². The van der Waals surface area contributed by atoms with Gasteiger partial charge in [-0.05, 0) is 67.6 Å². The number of rotatable bonds is 10. The Kier molecular flexibility index (Phi) is 8.57. The van der Waals surface area contributed by atoms with E-state index in [0.717, 1.165) is 28.5 Å². The molecular formula is C28H26ClNO5S. The number of benzene rings is 3. The van der Waals surface area contributed by atoms with Crippen LogP contribution in [0.15, 0.2) is 71.6 Å². The Balaban J connectivity index is 1.42. The maximum Gasteiger partial charge on any atom is 0.293 e. The van der Waals surface area contributed by atoms with Gasteiger partial charge in [-0.1, -0.05) is 53.6 Å². The van der Waals surface area contributed by atoms with Gasteiger partial charge in [-0.3, -0.25) is 14.5 Å². The van der Waals surface area contributed by atoms with Gasteiger partial charge in [-0.25, -0.2) is 0 Å². The van der Waals surface area contributed by atoms with Crippen LogP contribution in [0.2, 0.25) is 5.02 Å². The Hall–Kier alpha value is -3.42. The van der Waals surface area contributed by atoms with E-state index in [1.165, 1.54) is 4.90 Å². The lowest BCUT2D eigenvalue weighted by Crippen LogP contribution is -2.32. The molecule has 1 aliphatic heterocycles. The Morgan fingerprint density at radius 1 is 0.944 bits per heavy atom. The van der Waals surface area contributed by atoms with Crippen molar-refractivity contribution in [2.75, 3.05) is 19.8 Å². The van der Waals surface area contributed by atoms with E-state index in [1.807, 2.05) is 68.4 Å². The van der Waals surface area contributed by atoms with Crippen molar-refractivity contribution < 1.29 is 23.8 Å². The molecule has 6 nitrogen and oxygen atoms in total. The van der Waals surface area contributed by atoms with Gasteiger partial charge in [-0.15, -0.1) is 0 Å². The number of thioether (sulfide) groups is 1. The molecular weight excluding hydrogens is 498 g/mol. The summed E-state index contributed by atoms with van der Waals surface area (Å²) >= 11 is 7.14. The third kappa shape index (κ3) is 6.42. The zero-order valence-corrected chi connectivity index (χ0v) is 21.6. The quantitative estimate of drug-likeness (QED) is 0.274. The molecule has 1 fully saturated rings. The fourth-order valence-corrected chi connectivity index (χ4v) is 4.56. The Morgan fingerprint density at radius 3 is 2.47 bits per heavy atom. The molecule has 3 aromatic rings. The van der Waals surface area contributed by atoms with Crippen LogP contribution in [0, 0.1) is 6.92 Å². The van der Waals surface area contributed by atoms with Crippen molar-refractivity contribution in [2.45, 2.75) is 20.5 Å². The van der Waals surface area contributed by atoms with Crippen LogP contribution in [-0.2, 0) is 11.4 Å². The number of hydrogen-bond donors (Lipinski definition) is 0. The molecule has 0 saturated carbocycles. The standard InChI is InChI=1S/C28H26ClNO5S/c1-3-33-25-16-20(10-13-24(25)35-18-21-6-4-5-7-23(21)29)17-26-27(31)30(28(32)36-26)14-15-34-22-11-8-19(2)9-12-22/h4-13,16-17H,3,14-15,18H2,1-2H3/b26-17-. The van der Waals surface area contributed by atoms with Crippen LogP contribution < -0.4 is 14.2 Å². The van der Waals surface area contributed by atoms with E-state index in [1.54, 1.807) is 18.2 Å². The summed E-state index contributed by atoms with van der Waals surface area (Å²) in [6.07, 6.45) is 1.69. The highest BCUT2D eigenvalue weighted by Crippen LogP contribution is 2.35. The van der Waals surface area contributed by atoms with E-state index < -0.39 is 0 Å². The first-order chi connectivity index (χ1) is 17.4. The predicted molar refractivity (Wildman–Crippen MR) is 143 cm³/mol. The summed E-state index contributed by atoms with van der Waals surface area (Å²) in [7, 11) is 0. The maximum absolute atomic E-state index is 12.9. The molecule has 0 unspecified atom stereocenters. The van der Waals surface area contributed by atoms with Crippen molar-refractivity contribution in [2.24, 2.45) is 0 Å². The highest BCUT2D eigenvalue weighted by Gasteiger charge is 2.34. The molecule has 2 amide bonds. The minimum atomic E-state index is -0.338. The topological polar surface area (TPSA) is 65.1 Å². The Labute approximate surface area is 219 Å². The highest BCUT2D eigenvalue weighted by atomic mass is 35.5. The van der Waals surface area contributed by atoms with Gasteiger partial charge in [0.1, 0.15) is 19.0 Å². The zero-order chi connectivity index (χ0) is 25.5. The van der Waals surface area contributed by atoms with Crippen LogP contribution in [-0.4, -0.2) is 35.8 Å². The molecule has 0 atom stereocenters. The fraction of sp³-hybridized carbons (Fsp3) is 0.214.